The Kier molecular flexibility index (Phi) is 7.00. The summed E-state index contributed by atoms with van der Waals surface area (Å²) in [5.74, 6) is 0.464. The van der Waals surface area contributed by atoms with Gasteiger partial charge in [-0.2, -0.15) is 0 Å². The molecule has 2 aromatic rings. The molecular formula is C23H24ClNO5. The molecule has 0 radical (unpaired) electrons. The third-order valence-corrected chi connectivity index (χ3v) is 5.31. The molecule has 0 saturated carbocycles. The van der Waals surface area contributed by atoms with Crippen molar-refractivity contribution in [3.63, 3.8) is 0 Å². The second-order valence-electron chi connectivity index (χ2n) is 6.89. The van der Waals surface area contributed by atoms with E-state index in [1.54, 1.807) is 43.5 Å². The number of esters is 1. The number of rotatable bonds is 5. The number of hydrogen-bond acceptors (Lipinski definition) is 5. The molecule has 3 rings (SSSR count). The maximum atomic E-state index is 12.7. The number of hydrogen-bond donors (Lipinski definition) is 0. The van der Waals surface area contributed by atoms with Gasteiger partial charge in [-0.1, -0.05) is 29.3 Å². The summed E-state index contributed by atoms with van der Waals surface area (Å²) in [6.07, 6.45) is 3.36. The van der Waals surface area contributed by atoms with E-state index < -0.39 is 5.97 Å². The van der Waals surface area contributed by atoms with E-state index in [0.29, 0.717) is 59.1 Å². The van der Waals surface area contributed by atoms with Crippen LogP contribution in [0.2, 0.25) is 5.02 Å². The predicted molar refractivity (Wildman–Crippen MR) is 115 cm³/mol. The van der Waals surface area contributed by atoms with E-state index >= 15 is 0 Å². The minimum atomic E-state index is -0.477. The van der Waals surface area contributed by atoms with Gasteiger partial charge in [0.1, 0.15) is 17.1 Å². The first-order valence-electron chi connectivity index (χ1n) is 9.55. The van der Waals surface area contributed by atoms with Gasteiger partial charge in [0.15, 0.2) is 0 Å². The zero-order chi connectivity index (χ0) is 21.7. The van der Waals surface area contributed by atoms with Crippen LogP contribution in [-0.4, -0.2) is 51.2 Å². The monoisotopic (exact) mass is 429 g/mol. The maximum absolute atomic E-state index is 12.7. The van der Waals surface area contributed by atoms with Gasteiger partial charge in [0.2, 0.25) is 0 Å². The van der Waals surface area contributed by atoms with Gasteiger partial charge >= 0.3 is 5.97 Å². The topological polar surface area (TPSA) is 65.1 Å². The molecule has 0 aliphatic carbocycles. The van der Waals surface area contributed by atoms with Crippen molar-refractivity contribution in [1.29, 1.82) is 0 Å². The molecular weight excluding hydrogens is 406 g/mol. The van der Waals surface area contributed by atoms with Gasteiger partial charge in [-0.15, -0.1) is 0 Å². The number of halogens is 1. The first kappa shape index (κ1) is 21.7. The number of benzene rings is 2. The number of piperidine rings is 1. The maximum Gasteiger partial charge on any atom is 0.342 e. The van der Waals surface area contributed by atoms with Crippen molar-refractivity contribution in [1.82, 2.24) is 4.90 Å². The number of likely N-dealkylation sites (tertiary alicyclic amines) is 1. The molecule has 1 aliphatic heterocycles. The Balaban J connectivity index is 1.82. The Morgan fingerprint density at radius 1 is 1.03 bits per heavy atom. The SMILES string of the molecule is COC(=O)c1c(C=C2CCN(C(=O)c3cccc(Cl)c3)CC2)cc(OC)cc1OC. The largest absolute Gasteiger partial charge is 0.497 e. The molecule has 1 heterocycles. The minimum Gasteiger partial charge on any atom is -0.497 e. The van der Waals surface area contributed by atoms with Crippen LogP contribution in [0.5, 0.6) is 11.5 Å². The molecule has 158 valence electrons. The number of carbonyl (C=O) groups is 2. The first-order valence-corrected chi connectivity index (χ1v) is 9.93. The predicted octanol–water partition coefficient (Wildman–Crippen LogP) is 4.46. The Bertz CT molecular complexity index is 976. The third-order valence-electron chi connectivity index (χ3n) is 5.08. The van der Waals surface area contributed by atoms with Crippen LogP contribution in [-0.2, 0) is 4.74 Å². The van der Waals surface area contributed by atoms with E-state index in [-0.39, 0.29) is 5.91 Å². The van der Waals surface area contributed by atoms with E-state index in [4.69, 9.17) is 25.8 Å². The van der Waals surface area contributed by atoms with Gasteiger partial charge in [-0.25, -0.2) is 4.79 Å². The number of carbonyl (C=O) groups excluding carboxylic acids is 2. The standard InChI is InChI=1S/C23H24ClNO5/c1-28-19-13-17(21(23(27)30-3)20(14-19)29-2)11-15-7-9-25(10-8-15)22(26)16-5-4-6-18(24)12-16/h4-6,11-14H,7-10H2,1-3H3. The molecule has 6 nitrogen and oxygen atoms in total. The van der Waals surface area contributed by atoms with E-state index in [0.717, 1.165) is 5.57 Å². The highest BCUT2D eigenvalue weighted by atomic mass is 35.5. The molecule has 0 spiro atoms. The lowest BCUT2D eigenvalue weighted by atomic mass is 9.97. The average Bonchev–Trinajstić information content (AvgIpc) is 2.78. The van der Waals surface area contributed by atoms with Gasteiger partial charge < -0.3 is 19.1 Å². The molecule has 7 heteroatoms. The van der Waals surface area contributed by atoms with Crippen LogP contribution in [0.3, 0.4) is 0 Å². The summed E-state index contributed by atoms with van der Waals surface area (Å²) in [5, 5.41) is 0.542. The fraction of sp³-hybridized carbons (Fsp3) is 0.304. The van der Waals surface area contributed by atoms with E-state index in [9.17, 15) is 9.59 Å². The molecule has 1 fully saturated rings. The van der Waals surface area contributed by atoms with Crippen LogP contribution in [0.25, 0.3) is 6.08 Å². The van der Waals surface area contributed by atoms with Crippen molar-refractivity contribution in [2.75, 3.05) is 34.4 Å². The summed E-state index contributed by atoms with van der Waals surface area (Å²) in [6, 6.07) is 10.4. The quantitative estimate of drug-likeness (QED) is 0.656. The fourth-order valence-corrected chi connectivity index (χ4v) is 3.68. The summed E-state index contributed by atoms with van der Waals surface area (Å²) in [4.78, 5) is 26.9. The molecule has 0 aromatic heterocycles. The summed E-state index contributed by atoms with van der Waals surface area (Å²) in [6.45, 7) is 1.18. The van der Waals surface area contributed by atoms with Gasteiger partial charge in [0.25, 0.3) is 5.91 Å². The Labute approximate surface area is 181 Å². The zero-order valence-electron chi connectivity index (χ0n) is 17.2. The van der Waals surface area contributed by atoms with Crippen LogP contribution in [0.15, 0.2) is 42.0 Å². The number of methoxy groups -OCH3 is 3. The van der Waals surface area contributed by atoms with Crippen LogP contribution in [0, 0.1) is 0 Å². The van der Waals surface area contributed by atoms with Gasteiger partial charge in [0.05, 0.1) is 21.3 Å². The average molecular weight is 430 g/mol. The van der Waals surface area contributed by atoms with Crippen LogP contribution < -0.4 is 9.47 Å². The number of amides is 1. The van der Waals surface area contributed by atoms with Crippen molar-refractivity contribution in [2.24, 2.45) is 0 Å². The Hall–Kier alpha value is -2.99. The van der Waals surface area contributed by atoms with Crippen molar-refractivity contribution < 1.29 is 23.8 Å². The highest BCUT2D eigenvalue weighted by molar-refractivity contribution is 6.30. The second kappa shape index (κ2) is 9.67. The molecule has 0 N–H and O–H groups in total. The van der Waals surface area contributed by atoms with Crippen molar-refractivity contribution in [3.05, 3.63) is 63.7 Å². The van der Waals surface area contributed by atoms with Crippen molar-refractivity contribution in [2.45, 2.75) is 12.8 Å². The first-order chi connectivity index (χ1) is 14.5. The molecule has 30 heavy (non-hydrogen) atoms. The summed E-state index contributed by atoms with van der Waals surface area (Å²) in [5.41, 5.74) is 2.74. The summed E-state index contributed by atoms with van der Waals surface area (Å²) < 4.78 is 15.6. The third kappa shape index (κ3) is 4.76. The highest BCUT2D eigenvalue weighted by Gasteiger charge is 2.23. The number of nitrogens with zero attached hydrogens (tertiary/aromatic N) is 1. The van der Waals surface area contributed by atoms with Crippen molar-refractivity contribution >= 4 is 29.6 Å². The minimum absolute atomic E-state index is 0.0325. The molecule has 2 aromatic carbocycles. The molecule has 0 atom stereocenters. The Morgan fingerprint density at radius 2 is 1.77 bits per heavy atom. The lowest BCUT2D eigenvalue weighted by molar-refractivity contribution is 0.0596. The normalized spacial score (nSPS) is 13.6. The molecule has 1 amide bonds. The fourth-order valence-electron chi connectivity index (χ4n) is 3.49. The lowest BCUT2D eigenvalue weighted by Crippen LogP contribution is -2.36. The van der Waals surface area contributed by atoms with E-state index in [1.165, 1.54) is 14.2 Å². The lowest BCUT2D eigenvalue weighted by Gasteiger charge is -2.29. The summed E-state index contributed by atoms with van der Waals surface area (Å²) >= 11 is 6.00. The van der Waals surface area contributed by atoms with Gasteiger partial charge in [-0.05, 0) is 42.7 Å². The molecule has 0 unspecified atom stereocenters. The van der Waals surface area contributed by atoms with E-state index in [2.05, 4.69) is 0 Å². The van der Waals surface area contributed by atoms with Gasteiger partial charge in [-0.3, -0.25) is 4.79 Å². The van der Waals surface area contributed by atoms with Crippen LogP contribution in [0.4, 0.5) is 0 Å². The van der Waals surface area contributed by atoms with Gasteiger partial charge in [0, 0.05) is 29.7 Å². The van der Waals surface area contributed by atoms with Crippen LogP contribution >= 0.6 is 11.6 Å². The second-order valence-corrected chi connectivity index (χ2v) is 7.33. The molecule has 1 aliphatic rings. The highest BCUT2D eigenvalue weighted by Crippen LogP contribution is 2.32. The smallest absolute Gasteiger partial charge is 0.342 e. The Morgan fingerprint density at radius 3 is 2.37 bits per heavy atom. The zero-order valence-corrected chi connectivity index (χ0v) is 18.0. The molecule has 1 saturated heterocycles. The van der Waals surface area contributed by atoms with E-state index in [1.807, 2.05) is 11.0 Å². The van der Waals surface area contributed by atoms with Crippen molar-refractivity contribution in [3.8, 4) is 11.5 Å². The molecule has 0 bridgehead atoms. The number of ether oxygens (including phenoxy) is 3. The summed E-state index contributed by atoms with van der Waals surface area (Å²) in [7, 11) is 4.39. The van der Waals surface area contributed by atoms with Crippen LogP contribution in [0.1, 0.15) is 39.1 Å².